The lowest BCUT2D eigenvalue weighted by atomic mass is 10.2. The molecule has 0 heterocycles. The molecule has 0 radical (unpaired) electrons. The second-order valence-corrected chi connectivity index (χ2v) is 3.86. The van der Waals surface area contributed by atoms with Gasteiger partial charge in [-0.05, 0) is 0 Å². The third kappa shape index (κ3) is 1.72. The lowest BCUT2D eigenvalue weighted by Crippen LogP contribution is -1.90. The van der Waals surface area contributed by atoms with E-state index in [9.17, 15) is 4.79 Å². The van der Waals surface area contributed by atoms with Gasteiger partial charge >= 0.3 is 0 Å². The number of carbonyl (C=O) groups excluding carboxylic acids is 1. The molecular weight excluding hydrogens is 160 g/mol. The van der Waals surface area contributed by atoms with Crippen molar-refractivity contribution in [3.63, 3.8) is 0 Å². The topological polar surface area (TPSA) is 17.1 Å². The maximum atomic E-state index is 11.0. The molecule has 1 rings (SSSR count). The molecule has 0 aromatic heterocycles. The summed E-state index contributed by atoms with van der Waals surface area (Å²) in [5, 5.41) is 0.187. The molecule has 0 aliphatic rings. The molecule has 0 aliphatic carbocycles. The van der Waals surface area contributed by atoms with Crippen molar-refractivity contribution in [3.8, 4) is 0 Å². The summed E-state index contributed by atoms with van der Waals surface area (Å²) in [5.41, 5.74) is 0.808. The average Bonchev–Trinajstić information content (AvgIpc) is 2.05. The lowest BCUT2D eigenvalue weighted by molar-refractivity contribution is 0.109. The Morgan fingerprint density at radius 3 is 2.40 bits per heavy atom. The predicted molar refractivity (Wildman–Crippen MR) is 48.3 cm³/mol. The van der Waals surface area contributed by atoms with Gasteiger partial charge in [-0.1, -0.05) is 30.3 Å². The van der Waals surface area contributed by atoms with Crippen LogP contribution < -0.4 is 0 Å². The van der Waals surface area contributed by atoms with Crippen LogP contribution in [-0.4, -0.2) is 14.5 Å². The van der Waals surface area contributed by atoms with E-state index in [-0.39, 0.29) is 5.12 Å². The van der Waals surface area contributed by atoms with E-state index >= 15 is 0 Å². The van der Waals surface area contributed by atoms with Crippen molar-refractivity contribution in [2.24, 2.45) is 0 Å². The molecule has 0 fully saturated rings. The largest absolute Gasteiger partial charge is 0.282 e. The van der Waals surface area contributed by atoms with Gasteiger partial charge in [0.25, 0.3) is 0 Å². The van der Waals surface area contributed by atoms with Crippen LogP contribution in [0.4, 0.5) is 0 Å². The lowest BCUT2D eigenvalue weighted by Gasteiger charge is -1.93. The van der Waals surface area contributed by atoms with Gasteiger partial charge in [-0.15, -0.1) is 11.2 Å². The Hall–Kier alpha value is -0.543. The van der Waals surface area contributed by atoms with E-state index in [1.54, 1.807) is 0 Å². The summed E-state index contributed by atoms with van der Waals surface area (Å²) in [5.74, 6) is 0. The molecule has 0 saturated carbocycles. The van der Waals surface area contributed by atoms with E-state index in [0.717, 1.165) is 15.0 Å². The molecule has 0 saturated heterocycles. The number of hydrogen-bond donors (Lipinski definition) is 0. The molecule has 1 aromatic rings. The molecular formula is C7H8OSSi. The fraction of sp³-hybridized carbons (Fsp3) is 0. The van der Waals surface area contributed by atoms with Crippen molar-refractivity contribution in [2.45, 2.75) is 0 Å². The van der Waals surface area contributed by atoms with Crippen LogP contribution in [0, 0.1) is 0 Å². The van der Waals surface area contributed by atoms with E-state index in [0.29, 0.717) is 0 Å². The molecule has 0 amide bonds. The summed E-state index contributed by atoms with van der Waals surface area (Å²) >= 11 is 1.38. The third-order valence-electron chi connectivity index (χ3n) is 1.19. The van der Waals surface area contributed by atoms with Gasteiger partial charge < -0.3 is 0 Å². The predicted octanol–water partition coefficient (Wildman–Crippen LogP) is 0.840. The van der Waals surface area contributed by atoms with Crippen molar-refractivity contribution in [3.05, 3.63) is 35.9 Å². The van der Waals surface area contributed by atoms with Crippen molar-refractivity contribution in [1.29, 1.82) is 0 Å². The molecule has 1 aromatic carbocycles. The van der Waals surface area contributed by atoms with Crippen LogP contribution in [0.3, 0.4) is 0 Å². The number of hydrogen-bond acceptors (Lipinski definition) is 2. The van der Waals surface area contributed by atoms with E-state index in [4.69, 9.17) is 0 Å². The summed E-state index contributed by atoms with van der Waals surface area (Å²) in [4.78, 5) is 11.0. The highest BCUT2D eigenvalue weighted by Gasteiger charge is 1.99. The number of carbonyl (C=O) groups is 1. The van der Waals surface area contributed by atoms with Crippen LogP contribution in [0.15, 0.2) is 30.3 Å². The van der Waals surface area contributed by atoms with Crippen LogP contribution in [0.5, 0.6) is 0 Å². The van der Waals surface area contributed by atoms with Crippen LogP contribution in [0.1, 0.15) is 10.4 Å². The van der Waals surface area contributed by atoms with Crippen molar-refractivity contribution >= 4 is 25.7 Å². The Morgan fingerprint density at radius 2 is 1.90 bits per heavy atom. The van der Waals surface area contributed by atoms with Crippen molar-refractivity contribution in [2.75, 3.05) is 0 Å². The number of benzene rings is 1. The second kappa shape index (κ2) is 3.58. The van der Waals surface area contributed by atoms with Gasteiger partial charge in [0.1, 0.15) is 0 Å². The maximum absolute atomic E-state index is 11.0. The molecule has 1 nitrogen and oxygen atoms in total. The first-order valence-electron chi connectivity index (χ1n) is 2.98. The summed E-state index contributed by atoms with van der Waals surface area (Å²) in [7, 11) is 0.875. The SMILES string of the molecule is O=C(S[SiH3])c1ccccc1. The zero-order chi connectivity index (χ0) is 7.40. The first kappa shape index (κ1) is 7.56. The third-order valence-corrected chi connectivity index (χ3v) is 2.91. The minimum atomic E-state index is 0.187. The van der Waals surface area contributed by atoms with Gasteiger partial charge in [0, 0.05) is 5.56 Å². The zero-order valence-corrected chi connectivity index (χ0v) is 8.52. The summed E-state index contributed by atoms with van der Waals surface area (Å²) in [6.07, 6.45) is 0. The van der Waals surface area contributed by atoms with Gasteiger partial charge in [-0.25, -0.2) is 0 Å². The monoisotopic (exact) mass is 168 g/mol. The van der Waals surface area contributed by atoms with Gasteiger partial charge in [0.2, 0.25) is 5.12 Å². The van der Waals surface area contributed by atoms with Crippen LogP contribution in [-0.2, 0) is 0 Å². The van der Waals surface area contributed by atoms with Crippen LogP contribution >= 0.6 is 11.2 Å². The fourth-order valence-corrected chi connectivity index (χ4v) is 1.77. The highest BCUT2D eigenvalue weighted by Crippen LogP contribution is 2.06. The molecule has 0 atom stereocenters. The van der Waals surface area contributed by atoms with Crippen molar-refractivity contribution < 1.29 is 4.79 Å². The molecule has 0 N–H and O–H groups in total. The Kier molecular flexibility index (Phi) is 2.71. The minimum Gasteiger partial charge on any atom is -0.282 e. The van der Waals surface area contributed by atoms with Crippen LogP contribution in [0.2, 0.25) is 0 Å². The average molecular weight is 168 g/mol. The molecule has 0 spiro atoms. The zero-order valence-electron chi connectivity index (χ0n) is 5.70. The second-order valence-electron chi connectivity index (χ2n) is 1.86. The molecule has 10 heavy (non-hydrogen) atoms. The minimum absolute atomic E-state index is 0.187. The Bertz CT molecular complexity index is 222. The molecule has 0 bridgehead atoms. The quantitative estimate of drug-likeness (QED) is 0.578. The summed E-state index contributed by atoms with van der Waals surface area (Å²) < 4.78 is 0. The molecule has 0 aliphatic heterocycles. The van der Waals surface area contributed by atoms with E-state index in [1.807, 2.05) is 30.3 Å². The van der Waals surface area contributed by atoms with Crippen LogP contribution in [0.25, 0.3) is 0 Å². The van der Waals surface area contributed by atoms with Gasteiger partial charge in [0.05, 0.1) is 9.39 Å². The normalized spacial score (nSPS) is 9.60. The molecule has 0 unspecified atom stereocenters. The summed E-state index contributed by atoms with van der Waals surface area (Å²) in [6, 6.07) is 9.35. The maximum Gasteiger partial charge on any atom is 0.212 e. The fourth-order valence-electron chi connectivity index (χ4n) is 0.692. The Morgan fingerprint density at radius 1 is 1.30 bits per heavy atom. The Labute approximate surface area is 66.9 Å². The van der Waals surface area contributed by atoms with E-state index in [2.05, 4.69) is 0 Å². The molecule has 3 heteroatoms. The van der Waals surface area contributed by atoms with Crippen molar-refractivity contribution in [1.82, 2.24) is 0 Å². The van der Waals surface area contributed by atoms with E-state index in [1.165, 1.54) is 11.2 Å². The Balaban J connectivity index is 2.85. The highest BCUT2D eigenvalue weighted by atomic mass is 32.4. The van der Waals surface area contributed by atoms with Gasteiger partial charge in [-0.2, -0.15) is 0 Å². The molecule has 52 valence electrons. The summed E-state index contributed by atoms with van der Waals surface area (Å²) in [6.45, 7) is 0. The highest BCUT2D eigenvalue weighted by molar-refractivity contribution is 8.31. The smallest absolute Gasteiger partial charge is 0.212 e. The first-order valence-corrected chi connectivity index (χ1v) is 6.65. The van der Waals surface area contributed by atoms with Gasteiger partial charge in [0.15, 0.2) is 0 Å². The van der Waals surface area contributed by atoms with Gasteiger partial charge in [-0.3, -0.25) is 4.79 Å². The number of rotatable bonds is 1. The standard InChI is InChI=1S/C7H8OSSi/c8-7(9-10)6-4-2-1-3-5-6/h1-5H,10H3. The van der Waals surface area contributed by atoms with E-state index < -0.39 is 0 Å². The first-order chi connectivity index (χ1) is 4.84.